The molecule has 0 amide bonds. The van der Waals surface area contributed by atoms with Gasteiger partial charge in [0.25, 0.3) is 0 Å². The predicted molar refractivity (Wildman–Crippen MR) is 62.1 cm³/mol. The molecule has 0 aliphatic heterocycles. The van der Waals surface area contributed by atoms with E-state index in [4.69, 9.17) is 5.73 Å². The standard InChI is InChI=1S/C12H27NO/c1-8(2)6-9(3)12(14)10(4)7-11(5)13/h8-12,14H,6-7,13H2,1-5H3/t9-,10?,11?,12?/m1/s1. The first-order valence-corrected chi connectivity index (χ1v) is 5.78. The fourth-order valence-corrected chi connectivity index (χ4v) is 2.17. The molecule has 0 aromatic carbocycles. The van der Waals surface area contributed by atoms with E-state index in [9.17, 15) is 5.11 Å². The normalized spacial score (nSPS) is 20.6. The van der Waals surface area contributed by atoms with Gasteiger partial charge in [0, 0.05) is 6.04 Å². The minimum absolute atomic E-state index is 0.186. The van der Waals surface area contributed by atoms with Gasteiger partial charge in [0.1, 0.15) is 0 Å². The molecule has 0 aromatic rings. The molecule has 0 rings (SSSR count). The number of aliphatic hydroxyl groups is 1. The lowest BCUT2D eigenvalue weighted by atomic mass is 9.85. The molecular formula is C12H27NO. The number of hydrogen-bond acceptors (Lipinski definition) is 2. The molecule has 0 spiro atoms. The molecule has 0 saturated carbocycles. The summed E-state index contributed by atoms with van der Waals surface area (Å²) in [5, 5.41) is 10.0. The molecule has 86 valence electrons. The molecular weight excluding hydrogens is 174 g/mol. The largest absolute Gasteiger partial charge is 0.393 e. The van der Waals surface area contributed by atoms with Crippen LogP contribution in [0.15, 0.2) is 0 Å². The van der Waals surface area contributed by atoms with Gasteiger partial charge in [-0.2, -0.15) is 0 Å². The van der Waals surface area contributed by atoms with Gasteiger partial charge >= 0.3 is 0 Å². The van der Waals surface area contributed by atoms with Crippen molar-refractivity contribution in [2.75, 3.05) is 0 Å². The van der Waals surface area contributed by atoms with Crippen LogP contribution in [-0.2, 0) is 0 Å². The Morgan fingerprint density at radius 2 is 1.36 bits per heavy atom. The minimum Gasteiger partial charge on any atom is -0.393 e. The van der Waals surface area contributed by atoms with Gasteiger partial charge in [0.15, 0.2) is 0 Å². The molecule has 14 heavy (non-hydrogen) atoms. The quantitative estimate of drug-likeness (QED) is 0.693. The van der Waals surface area contributed by atoms with E-state index in [0.29, 0.717) is 17.8 Å². The summed E-state index contributed by atoms with van der Waals surface area (Å²) in [6, 6.07) is 0.186. The van der Waals surface area contributed by atoms with Crippen molar-refractivity contribution < 1.29 is 5.11 Å². The second kappa shape index (κ2) is 6.41. The van der Waals surface area contributed by atoms with Crippen molar-refractivity contribution >= 4 is 0 Å². The van der Waals surface area contributed by atoms with E-state index in [0.717, 1.165) is 12.8 Å². The van der Waals surface area contributed by atoms with Crippen LogP contribution in [0.2, 0.25) is 0 Å². The molecule has 0 fully saturated rings. The van der Waals surface area contributed by atoms with Crippen LogP contribution in [0.4, 0.5) is 0 Å². The second-order valence-corrected chi connectivity index (χ2v) is 5.29. The van der Waals surface area contributed by atoms with Gasteiger partial charge in [-0.25, -0.2) is 0 Å². The van der Waals surface area contributed by atoms with Crippen molar-refractivity contribution in [1.82, 2.24) is 0 Å². The lowest BCUT2D eigenvalue weighted by molar-refractivity contribution is 0.0502. The third-order valence-corrected chi connectivity index (χ3v) is 2.75. The average Bonchev–Trinajstić information content (AvgIpc) is 2.00. The first-order chi connectivity index (χ1) is 6.34. The Morgan fingerprint density at radius 1 is 0.929 bits per heavy atom. The van der Waals surface area contributed by atoms with Gasteiger partial charge in [-0.05, 0) is 37.5 Å². The van der Waals surface area contributed by atoms with Crippen LogP contribution in [0.1, 0.15) is 47.5 Å². The summed E-state index contributed by atoms with van der Waals surface area (Å²) in [6.07, 6.45) is 1.79. The minimum atomic E-state index is -0.205. The van der Waals surface area contributed by atoms with Crippen LogP contribution in [0.5, 0.6) is 0 Å². The Balaban J connectivity index is 3.96. The maximum Gasteiger partial charge on any atom is 0.0591 e. The van der Waals surface area contributed by atoms with E-state index in [1.165, 1.54) is 0 Å². The monoisotopic (exact) mass is 201 g/mol. The van der Waals surface area contributed by atoms with Crippen LogP contribution >= 0.6 is 0 Å². The SMILES string of the molecule is CC(C)C[C@@H](C)C(O)C(C)CC(C)N. The van der Waals surface area contributed by atoms with Crippen molar-refractivity contribution in [3.8, 4) is 0 Å². The predicted octanol–water partition coefficient (Wildman–Crippen LogP) is 2.40. The molecule has 4 atom stereocenters. The number of rotatable bonds is 6. The zero-order valence-electron chi connectivity index (χ0n) is 10.3. The van der Waals surface area contributed by atoms with Gasteiger partial charge in [0.2, 0.25) is 0 Å². The van der Waals surface area contributed by atoms with Crippen LogP contribution < -0.4 is 5.73 Å². The molecule has 2 nitrogen and oxygen atoms in total. The lowest BCUT2D eigenvalue weighted by Gasteiger charge is -2.27. The summed E-state index contributed by atoms with van der Waals surface area (Å²) >= 11 is 0. The first kappa shape index (κ1) is 13.9. The smallest absolute Gasteiger partial charge is 0.0591 e. The second-order valence-electron chi connectivity index (χ2n) is 5.29. The summed E-state index contributed by atoms with van der Waals surface area (Å²) in [5.74, 6) is 1.34. The van der Waals surface area contributed by atoms with Crippen molar-refractivity contribution in [1.29, 1.82) is 0 Å². The summed E-state index contributed by atoms with van der Waals surface area (Å²) < 4.78 is 0. The van der Waals surface area contributed by atoms with E-state index in [2.05, 4.69) is 27.7 Å². The number of nitrogens with two attached hydrogens (primary N) is 1. The molecule has 0 heterocycles. The van der Waals surface area contributed by atoms with Crippen molar-refractivity contribution in [2.45, 2.75) is 59.6 Å². The Kier molecular flexibility index (Phi) is 6.38. The molecule has 0 bridgehead atoms. The molecule has 3 unspecified atom stereocenters. The third-order valence-electron chi connectivity index (χ3n) is 2.75. The number of hydrogen-bond donors (Lipinski definition) is 2. The molecule has 3 N–H and O–H groups in total. The highest BCUT2D eigenvalue weighted by Crippen LogP contribution is 2.22. The zero-order valence-corrected chi connectivity index (χ0v) is 10.3. The topological polar surface area (TPSA) is 46.2 Å². The van der Waals surface area contributed by atoms with E-state index in [1.807, 2.05) is 6.92 Å². The van der Waals surface area contributed by atoms with Crippen LogP contribution in [0.25, 0.3) is 0 Å². The van der Waals surface area contributed by atoms with Crippen molar-refractivity contribution in [3.63, 3.8) is 0 Å². The van der Waals surface area contributed by atoms with E-state index < -0.39 is 0 Å². The zero-order chi connectivity index (χ0) is 11.3. The number of aliphatic hydroxyl groups excluding tert-OH is 1. The Labute approximate surface area is 88.9 Å². The first-order valence-electron chi connectivity index (χ1n) is 5.78. The fourth-order valence-electron chi connectivity index (χ4n) is 2.17. The highest BCUT2D eigenvalue weighted by molar-refractivity contribution is 4.74. The maximum atomic E-state index is 10.0. The van der Waals surface area contributed by atoms with Crippen LogP contribution in [0, 0.1) is 17.8 Å². The molecule has 0 aromatic heterocycles. The molecule has 2 heteroatoms. The van der Waals surface area contributed by atoms with Crippen LogP contribution in [0.3, 0.4) is 0 Å². The summed E-state index contributed by atoms with van der Waals surface area (Å²) in [7, 11) is 0. The highest BCUT2D eigenvalue weighted by atomic mass is 16.3. The molecule has 0 aliphatic rings. The fraction of sp³-hybridized carbons (Fsp3) is 1.00. The Morgan fingerprint density at radius 3 is 1.71 bits per heavy atom. The Hall–Kier alpha value is -0.0800. The lowest BCUT2D eigenvalue weighted by Crippen LogP contribution is -2.31. The summed E-state index contributed by atoms with van der Waals surface area (Å²) in [4.78, 5) is 0. The van der Waals surface area contributed by atoms with Gasteiger partial charge in [-0.1, -0.05) is 27.7 Å². The average molecular weight is 201 g/mol. The van der Waals surface area contributed by atoms with Gasteiger partial charge in [-0.15, -0.1) is 0 Å². The molecule has 0 radical (unpaired) electrons. The van der Waals surface area contributed by atoms with Gasteiger partial charge < -0.3 is 10.8 Å². The van der Waals surface area contributed by atoms with E-state index >= 15 is 0 Å². The van der Waals surface area contributed by atoms with Crippen molar-refractivity contribution in [2.24, 2.45) is 23.5 Å². The summed E-state index contributed by atoms with van der Waals surface area (Å²) in [5.41, 5.74) is 5.72. The van der Waals surface area contributed by atoms with Gasteiger partial charge in [-0.3, -0.25) is 0 Å². The summed E-state index contributed by atoms with van der Waals surface area (Å²) in [6.45, 7) is 10.6. The van der Waals surface area contributed by atoms with Gasteiger partial charge in [0.05, 0.1) is 6.10 Å². The molecule has 0 aliphatic carbocycles. The maximum absolute atomic E-state index is 10.0. The van der Waals surface area contributed by atoms with E-state index in [-0.39, 0.29) is 12.1 Å². The van der Waals surface area contributed by atoms with E-state index in [1.54, 1.807) is 0 Å². The molecule has 0 saturated heterocycles. The van der Waals surface area contributed by atoms with Crippen molar-refractivity contribution in [3.05, 3.63) is 0 Å². The highest BCUT2D eigenvalue weighted by Gasteiger charge is 2.22. The van der Waals surface area contributed by atoms with Crippen LogP contribution in [-0.4, -0.2) is 17.3 Å². The Bertz CT molecular complexity index is 129. The third kappa shape index (κ3) is 5.61.